The van der Waals surface area contributed by atoms with E-state index >= 15 is 0 Å². The van der Waals surface area contributed by atoms with Crippen molar-refractivity contribution in [3.8, 4) is 0 Å². The summed E-state index contributed by atoms with van der Waals surface area (Å²) in [6, 6.07) is 0. The van der Waals surface area contributed by atoms with Crippen LogP contribution in [0.2, 0.25) is 0 Å². The Morgan fingerprint density at radius 3 is 2.44 bits per heavy atom. The van der Waals surface area contributed by atoms with Gasteiger partial charge < -0.3 is 4.31 Å². The lowest BCUT2D eigenvalue weighted by Gasteiger charge is -2.57. The maximum Gasteiger partial charge on any atom is 0.0319 e. The van der Waals surface area contributed by atoms with E-state index in [1.165, 1.54) is 5.70 Å². The topological polar surface area (TPSA) is 3.24 Å². The normalized spacial score (nSPS) is 36.6. The van der Waals surface area contributed by atoms with Gasteiger partial charge in [-0.15, -0.1) is 10.2 Å². The van der Waals surface area contributed by atoms with Gasteiger partial charge in [0.05, 0.1) is 0 Å². The van der Waals surface area contributed by atoms with Crippen molar-refractivity contribution >= 4 is 10.2 Å². The van der Waals surface area contributed by atoms with Crippen LogP contribution in [0.4, 0.5) is 0 Å². The predicted molar refractivity (Wildman–Crippen MR) is 75.5 cm³/mol. The summed E-state index contributed by atoms with van der Waals surface area (Å²) in [7, 11) is 1.51. The van der Waals surface area contributed by atoms with Crippen LogP contribution < -0.4 is 0 Å². The first-order valence-corrected chi connectivity index (χ1v) is 8.03. The Labute approximate surface area is 101 Å². The third-order valence-electron chi connectivity index (χ3n) is 3.64. The monoisotopic (exact) mass is 237 g/mol. The first kappa shape index (κ1) is 11.8. The lowest BCUT2D eigenvalue weighted by atomic mass is 9.91. The molecule has 0 fully saturated rings. The van der Waals surface area contributed by atoms with E-state index in [4.69, 9.17) is 0 Å². The fourth-order valence-corrected chi connectivity index (χ4v) is 5.94. The number of hydrogen-bond acceptors (Lipinski definition) is 1. The molecule has 90 valence electrons. The van der Waals surface area contributed by atoms with E-state index in [1.807, 2.05) is 0 Å². The van der Waals surface area contributed by atoms with E-state index in [1.54, 1.807) is 0 Å². The second kappa shape index (κ2) is 3.69. The summed E-state index contributed by atoms with van der Waals surface area (Å²) < 4.78 is 2.53. The van der Waals surface area contributed by atoms with Crippen molar-refractivity contribution in [2.75, 3.05) is 13.3 Å². The molecule has 0 aromatic carbocycles. The minimum atomic E-state index is -0.755. The Morgan fingerprint density at radius 1 is 1.38 bits per heavy atom. The molecule has 0 aromatic heterocycles. The molecule has 0 saturated carbocycles. The average molecular weight is 237 g/mol. The van der Waals surface area contributed by atoms with Crippen LogP contribution in [0.3, 0.4) is 0 Å². The second-order valence-electron chi connectivity index (χ2n) is 5.90. The SMILES string of the molecule is CN(C1=CC=CC1)S1(C)C=CC1C(C)(C)C. The van der Waals surface area contributed by atoms with Crippen molar-refractivity contribution in [2.24, 2.45) is 5.41 Å². The van der Waals surface area contributed by atoms with E-state index in [9.17, 15) is 0 Å². The molecule has 16 heavy (non-hydrogen) atoms. The van der Waals surface area contributed by atoms with Crippen LogP contribution in [-0.2, 0) is 0 Å². The highest BCUT2D eigenvalue weighted by atomic mass is 32.3. The van der Waals surface area contributed by atoms with E-state index in [2.05, 4.69) is 68.1 Å². The number of rotatable bonds is 2. The quantitative estimate of drug-likeness (QED) is 0.700. The maximum atomic E-state index is 2.53. The van der Waals surface area contributed by atoms with Crippen molar-refractivity contribution in [3.63, 3.8) is 0 Å². The van der Waals surface area contributed by atoms with Crippen LogP contribution in [0.15, 0.2) is 35.4 Å². The van der Waals surface area contributed by atoms with Crippen molar-refractivity contribution in [1.82, 2.24) is 4.31 Å². The molecule has 0 radical (unpaired) electrons. The van der Waals surface area contributed by atoms with E-state index in [-0.39, 0.29) is 0 Å². The number of nitrogens with zero attached hydrogens (tertiary/aromatic N) is 1. The molecule has 2 aliphatic rings. The molecular weight excluding hydrogens is 214 g/mol. The fraction of sp³-hybridized carbons (Fsp3) is 0.571. The second-order valence-corrected chi connectivity index (χ2v) is 9.23. The number of allylic oxidation sites excluding steroid dienone is 3. The van der Waals surface area contributed by atoms with Crippen molar-refractivity contribution in [3.05, 3.63) is 35.4 Å². The van der Waals surface area contributed by atoms with Crippen molar-refractivity contribution in [1.29, 1.82) is 0 Å². The predicted octanol–water partition coefficient (Wildman–Crippen LogP) is 4.05. The molecule has 2 atom stereocenters. The largest absolute Gasteiger partial charge is 0.337 e. The van der Waals surface area contributed by atoms with Gasteiger partial charge in [0.2, 0.25) is 0 Å². The molecule has 0 bridgehead atoms. The lowest BCUT2D eigenvalue weighted by molar-refractivity contribution is 0.417. The molecule has 2 heteroatoms. The molecule has 0 aromatic rings. The minimum absolute atomic E-state index is 0.375. The van der Waals surface area contributed by atoms with Crippen LogP contribution >= 0.6 is 10.2 Å². The molecule has 1 nitrogen and oxygen atoms in total. The standard InChI is InChI=1S/C14H23NS/c1-14(2,3)13-10-11-16(13,5)15(4)12-8-6-7-9-12/h6-8,10-11,13H,9H2,1-5H3. The van der Waals surface area contributed by atoms with Gasteiger partial charge in [-0.2, -0.15) is 0 Å². The first-order valence-electron chi connectivity index (χ1n) is 5.91. The van der Waals surface area contributed by atoms with Gasteiger partial charge in [0.15, 0.2) is 0 Å². The molecule has 0 amide bonds. The smallest absolute Gasteiger partial charge is 0.0319 e. The Hall–Kier alpha value is -0.630. The van der Waals surface area contributed by atoms with Crippen LogP contribution in [0.25, 0.3) is 0 Å². The van der Waals surface area contributed by atoms with Crippen LogP contribution in [0.1, 0.15) is 27.2 Å². The van der Waals surface area contributed by atoms with Gasteiger partial charge >= 0.3 is 0 Å². The Bertz CT molecular complexity index is 373. The zero-order valence-corrected chi connectivity index (χ0v) is 11.8. The summed E-state index contributed by atoms with van der Waals surface area (Å²) in [6.07, 6.45) is 12.6. The highest BCUT2D eigenvalue weighted by molar-refractivity contribution is 8.35. The number of hydrogen-bond donors (Lipinski definition) is 0. The first-order chi connectivity index (χ1) is 7.36. The molecule has 0 spiro atoms. The summed E-state index contributed by atoms with van der Waals surface area (Å²) >= 11 is 0. The molecular formula is C14H23NS. The Kier molecular flexibility index (Phi) is 2.73. The molecule has 0 N–H and O–H groups in total. The Balaban J connectivity index is 2.18. The summed E-state index contributed by atoms with van der Waals surface area (Å²) in [6.45, 7) is 7.05. The van der Waals surface area contributed by atoms with E-state index in [0.717, 1.165) is 6.42 Å². The molecule has 1 aliphatic carbocycles. The molecule has 2 rings (SSSR count). The van der Waals surface area contributed by atoms with E-state index < -0.39 is 10.2 Å². The summed E-state index contributed by atoms with van der Waals surface area (Å²) in [5.74, 6) is 0. The summed E-state index contributed by atoms with van der Waals surface area (Å²) in [5, 5.41) is 3.15. The maximum absolute atomic E-state index is 2.53. The zero-order valence-electron chi connectivity index (χ0n) is 11.0. The van der Waals surface area contributed by atoms with Crippen LogP contribution in [0, 0.1) is 5.41 Å². The average Bonchev–Trinajstić information content (AvgIpc) is 2.63. The minimum Gasteiger partial charge on any atom is -0.337 e. The van der Waals surface area contributed by atoms with Gasteiger partial charge in [0.1, 0.15) is 0 Å². The fourth-order valence-electron chi connectivity index (χ4n) is 2.57. The van der Waals surface area contributed by atoms with Gasteiger partial charge in [0, 0.05) is 24.4 Å². The van der Waals surface area contributed by atoms with Crippen molar-refractivity contribution in [2.45, 2.75) is 32.4 Å². The summed E-state index contributed by atoms with van der Waals surface area (Å²) in [5.41, 5.74) is 1.84. The van der Waals surface area contributed by atoms with Crippen LogP contribution in [0.5, 0.6) is 0 Å². The lowest BCUT2D eigenvalue weighted by Crippen LogP contribution is -2.41. The summed E-state index contributed by atoms with van der Waals surface area (Å²) in [4.78, 5) is 0. The van der Waals surface area contributed by atoms with Gasteiger partial charge in [-0.3, -0.25) is 0 Å². The third kappa shape index (κ3) is 1.73. The van der Waals surface area contributed by atoms with Gasteiger partial charge in [-0.1, -0.05) is 39.0 Å². The van der Waals surface area contributed by atoms with Gasteiger partial charge in [0.25, 0.3) is 0 Å². The highest BCUT2D eigenvalue weighted by Crippen LogP contribution is 2.66. The Morgan fingerprint density at radius 2 is 2.06 bits per heavy atom. The molecule has 1 heterocycles. The molecule has 0 saturated heterocycles. The van der Waals surface area contributed by atoms with Gasteiger partial charge in [-0.25, -0.2) is 0 Å². The molecule has 1 aliphatic heterocycles. The highest BCUT2D eigenvalue weighted by Gasteiger charge is 2.43. The van der Waals surface area contributed by atoms with E-state index in [0.29, 0.717) is 10.7 Å². The zero-order chi connectivity index (χ0) is 12.0. The van der Waals surface area contributed by atoms with Crippen molar-refractivity contribution < 1.29 is 0 Å². The molecule has 2 unspecified atom stereocenters. The van der Waals surface area contributed by atoms with Gasteiger partial charge in [-0.05, 0) is 23.2 Å². The third-order valence-corrected chi connectivity index (χ3v) is 7.66. The van der Waals surface area contributed by atoms with Crippen LogP contribution in [-0.4, -0.2) is 22.9 Å².